The summed E-state index contributed by atoms with van der Waals surface area (Å²) < 4.78 is 8.82. The van der Waals surface area contributed by atoms with Gasteiger partial charge in [0.2, 0.25) is 0 Å². The summed E-state index contributed by atoms with van der Waals surface area (Å²) in [5.74, 6) is 1.99. The number of para-hydroxylation sites is 2. The van der Waals surface area contributed by atoms with Crippen LogP contribution in [0.15, 0.2) is 188 Å². The molecule has 0 amide bonds. The van der Waals surface area contributed by atoms with Crippen LogP contribution in [0.1, 0.15) is 0 Å². The van der Waals surface area contributed by atoms with Crippen molar-refractivity contribution in [3.8, 4) is 39.6 Å². The number of ether oxygens (including phenoxy) is 1. The minimum Gasteiger partial charge on any atom is -0.509 e. The molecule has 0 bridgehead atoms. The Labute approximate surface area is 369 Å². The van der Waals surface area contributed by atoms with Crippen LogP contribution in [0.25, 0.3) is 60.6 Å². The second-order valence-electron chi connectivity index (χ2n) is 15.2. The molecule has 3 heterocycles. The van der Waals surface area contributed by atoms with Crippen molar-refractivity contribution in [2.75, 3.05) is 28.8 Å². The van der Waals surface area contributed by atoms with E-state index in [1.54, 1.807) is 0 Å². The molecule has 0 N–H and O–H groups in total. The zero-order chi connectivity index (χ0) is 40.2. The second-order valence-corrected chi connectivity index (χ2v) is 15.2. The van der Waals surface area contributed by atoms with Gasteiger partial charge in [-0.1, -0.05) is 133 Å². The van der Waals surface area contributed by atoms with Crippen molar-refractivity contribution in [3.63, 3.8) is 0 Å². The van der Waals surface area contributed by atoms with Crippen molar-refractivity contribution >= 4 is 61.0 Å². The first-order valence-electron chi connectivity index (χ1n) is 20.1. The molecule has 2 aromatic heterocycles. The van der Waals surface area contributed by atoms with E-state index in [1.165, 1.54) is 5.39 Å². The van der Waals surface area contributed by atoms with Gasteiger partial charge >= 0.3 is 0 Å². The molecule has 8 aromatic carbocycles. The van der Waals surface area contributed by atoms with Gasteiger partial charge in [-0.05, 0) is 40.1 Å². The minimum atomic E-state index is 0. The summed E-state index contributed by atoms with van der Waals surface area (Å²) in [4.78, 5) is 11.5. The predicted molar refractivity (Wildman–Crippen MR) is 247 cm³/mol. The Kier molecular flexibility index (Phi) is 9.85. The molecule has 0 radical (unpaired) electrons. The molecule has 10 aromatic rings. The first-order valence-corrected chi connectivity index (χ1v) is 20.1. The number of nitrogens with zero attached hydrogens (tertiary/aromatic N) is 5. The predicted octanol–water partition coefficient (Wildman–Crippen LogP) is 13.5. The standard InChI is InChI=1S/C54H38N5O.Pd/c1-56(2)40-31-32-55-52(34-40)59-49-26-12-11-23-47(49)48-29-28-43(35-51(48)59)60-42-21-13-20-41(33-42)57-36-58(54-46-22-10-9-19-39(46)27-30-50(54)57)53-44(37-15-5-3-6-16-37)24-14-25-45(53)38-17-7-4-8-18-38;/h3-32,34,36H,1-2H3;/q-3;. The number of aromatic nitrogens is 2. The van der Waals surface area contributed by atoms with Crippen LogP contribution < -0.4 is 19.4 Å². The van der Waals surface area contributed by atoms with Crippen molar-refractivity contribution in [2.24, 2.45) is 0 Å². The topological polar surface area (TPSA) is 36.8 Å². The fourth-order valence-corrected chi connectivity index (χ4v) is 8.53. The number of anilines is 5. The molecule has 1 aliphatic rings. The second kappa shape index (κ2) is 15.8. The number of rotatable bonds is 8. The Morgan fingerprint density at radius 1 is 0.557 bits per heavy atom. The minimum absolute atomic E-state index is 0. The van der Waals surface area contributed by atoms with Gasteiger partial charge in [0.25, 0.3) is 0 Å². The molecule has 6 nitrogen and oxygen atoms in total. The van der Waals surface area contributed by atoms with Gasteiger partial charge in [-0.25, -0.2) is 4.98 Å². The Hall–Kier alpha value is -7.17. The van der Waals surface area contributed by atoms with E-state index in [-0.39, 0.29) is 20.4 Å². The maximum absolute atomic E-state index is 6.65. The molecule has 0 fully saturated rings. The molecule has 0 saturated heterocycles. The monoisotopic (exact) mass is 878 g/mol. The van der Waals surface area contributed by atoms with Crippen LogP contribution >= 0.6 is 0 Å². The van der Waals surface area contributed by atoms with Gasteiger partial charge in [-0.15, -0.1) is 48.1 Å². The van der Waals surface area contributed by atoms with Gasteiger partial charge in [0.05, 0.1) is 0 Å². The van der Waals surface area contributed by atoms with Gasteiger partial charge in [-0.2, -0.15) is 12.1 Å². The number of hydrogen-bond donors (Lipinski definition) is 0. The SMILES string of the molecule is CN(C)c1ccnc(-n2c3[c-]c(Oc4[c-]c(N5[CH-]N(c6c(-c7ccccc7)cccc6-c6ccccc6)c6c5ccc5ccccc65)ccc4)ccc3c3ccccc32)c1.[Pd]. The van der Waals surface area contributed by atoms with Crippen molar-refractivity contribution in [1.29, 1.82) is 0 Å². The third-order valence-electron chi connectivity index (χ3n) is 11.3. The molecule has 0 atom stereocenters. The summed E-state index contributed by atoms with van der Waals surface area (Å²) in [6.45, 7) is 2.20. The molecular formula is C54H38N5OPd-3. The van der Waals surface area contributed by atoms with Crippen LogP contribution in [-0.2, 0) is 20.4 Å². The average Bonchev–Trinajstić information content (AvgIpc) is 3.86. The van der Waals surface area contributed by atoms with Gasteiger partial charge in [0, 0.05) is 103 Å². The van der Waals surface area contributed by atoms with Gasteiger partial charge in [0.15, 0.2) is 0 Å². The molecule has 7 heteroatoms. The third-order valence-corrected chi connectivity index (χ3v) is 11.3. The summed E-state index contributed by atoms with van der Waals surface area (Å²) in [6.07, 6.45) is 1.85. The van der Waals surface area contributed by atoms with Gasteiger partial charge in [0.1, 0.15) is 5.82 Å². The first kappa shape index (κ1) is 38.1. The molecule has 0 unspecified atom stereocenters. The molecule has 61 heavy (non-hydrogen) atoms. The zero-order valence-electron chi connectivity index (χ0n) is 33.4. The van der Waals surface area contributed by atoms with E-state index in [9.17, 15) is 0 Å². The van der Waals surface area contributed by atoms with E-state index in [2.05, 4.69) is 196 Å². The quantitative estimate of drug-likeness (QED) is 0.112. The molecule has 298 valence electrons. The molecule has 11 rings (SSSR count). The molecule has 0 saturated carbocycles. The largest absolute Gasteiger partial charge is 0.509 e. The van der Waals surface area contributed by atoms with E-state index < -0.39 is 0 Å². The number of hydrogen-bond acceptors (Lipinski definition) is 5. The molecule has 0 aliphatic carbocycles. The summed E-state index contributed by atoms with van der Waals surface area (Å²) >= 11 is 0. The Balaban J connectivity index is 0.00000445. The van der Waals surface area contributed by atoms with Crippen LogP contribution in [-0.4, -0.2) is 23.6 Å². The van der Waals surface area contributed by atoms with Gasteiger partial charge < -0.3 is 24.0 Å². The Morgan fingerprint density at radius 3 is 1.98 bits per heavy atom. The number of fused-ring (bicyclic) bond motifs is 6. The van der Waals surface area contributed by atoms with Gasteiger partial charge in [-0.3, -0.25) is 0 Å². The first-order chi connectivity index (χ1) is 29.6. The zero-order valence-corrected chi connectivity index (χ0v) is 35.0. The fourth-order valence-electron chi connectivity index (χ4n) is 8.53. The fraction of sp³-hybridized carbons (Fsp3) is 0.0370. The van der Waals surface area contributed by atoms with E-state index in [1.807, 2.05) is 44.6 Å². The summed E-state index contributed by atoms with van der Waals surface area (Å²) in [5, 5.41) is 4.54. The number of benzene rings is 8. The normalized spacial score (nSPS) is 12.2. The number of pyridine rings is 1. The average molecular weight is 879 g/mol. The molecular weight excluding hydrogens is 841 g/mol. The summed E-state index contributed by atoms with van der Waals surface area (Å²) in [5.41, 5.74) is 11.7. The third kappa shape index (κ3) is 6.69. The van der Waals surface area contributed by atoms with E-state index in [4.69, 9.17) is 9.72 Å². The van der Waals surface area contributed by atoms with Crippen molar-refractivity contribution < 1.29 is 25.2 Å². The summed E-state index contributed by atoms with van der Waals surface area (Å²) in [6, 6.07) is 70.8. The van der Waals surface area contributed by atoms with Crippen LogP contribution in [0.2, 0.25) is 0 Å². The maximum Gasteiger partial charge on any atom is 0.137 e. The van der Waals surface area contributed by atoms with Crippen LogP contribution in [0.5, 0.6) is 11.5 Å². The van der Waals surface area contributed by atoms with Crippen molar-refractivity contribution in [2.45, 2.75) is 0 Å². The van der Waals surface area contributed by atoms with E-state index >= 15 is 0 Å². The Bertz CT molecular complexity index is 3160. The molecule has 1 aliphatic heterocycles. The Morgan fingerprint density at radius 2 is 1.23 bits per heavy atom. The van der Waals surface area contributed by atoms with Crippen molar-refractivity contribution in [3.05, 3.63) is 207 Å². The van der Waals surface area contributed by atoms with Crippen molar-refractivity contribution in [1.82, 2.24) is 9.55 Å². The van der Waals surface area contributed by atoms with Crippen LogP contribution in [0, 0.1) is 18.8 Å². The molecule has 0 spiro atoms. The van der Waals surface area contributed by atoms with Crippen LogP contribution in [0.3, 0.4) is 0 Å². The smallest absolute Gasteiger partial charge is 0.137 e. The van der Waals surface area contributed by atoms with E-state index in [0.717, 1.165) is 83.7 Å². The van der Waals surface area contributed by atoms with Crippen LogP contribution in [0.4, 0.5) is 28.4 Å². The van der Waals surface area contributed by atoms with E-state index in [0.29, 0.717) is 11.5 Å². The summed E-state index contributed by atoms with van der Waals surface area (Å²) in [7, 11) is 4.08. The maximum atomic E-state index is 6.65.